The van der Waals surface area contributed by atoms with Gasteiger partial charge in [0.15, 0.2) is 17.6 Å². The minimum atomic E-state index is -1.47. The SMILES string of the molecule is COc1ccc([C@@H]2CN(C(=O)[C@@H](O)CO)C[C@@]2(C)[C@@H](C)O)cc1OC1CCN(c2cc(C)ccn2)C1. The van der Waals surface area contributed by atoms with Crippen LogP contribution in [0.25, 0.3) is 0 Å². The van der Waals surface area contributed by atoms with Gasteiger partial charge in [0.05, 0.1) is 26.4 Å². The van der Waals surface area contributed by atoms with Gasteiger partial charge in [-0.05, 0) is 49.2 Å². The molecule has 36 heavy (non-hydrogen) atoms. The molecule has 1 aromatic carbocycles. The number of carbonyl (C=O) groups excluding carboxylic acids is 1. The van der Waals surface area contributed by atoms with Crippen molar-refractivity contribution < 1.29 is 29.6 Å². The van der Waals surface area contributed by atoms with E-state index in [9.17, 15) is 20.1 Å². The predicted octanol–water partition coefficient (Wildman–Crippen LogP) is 1.72. The lowest BCUT2D eigenvalue weighted by molar-refractivity contribution is -0.141. The van der Waals surface area contributed by atoms with Crippen molar-refractivity contribution in [3.05, 3.63) is 47.7 Å². The highest BCUT2D eigenvalue weighted by Crippen LogP contribution is 2.47. The molecule has 9 nitrogen and oxygen atoms in total. The van der Waals surface area contributed by atoms with E-state index in [1.165, 1.54) is 4.90 Å². The molecule has 9 heteroatoms. The maximum absolute atomic E-state index is 12.6. The number of carbonyl (C=O) groups is 1. The monoisotopic (exact) mass is 499 g/mol. The van der Waals surface area contributed by atoms with Crippen LogP contribution in [0.4, 0.5) is 5.82 Å². The maximum atomic E-state index is 12.6. The van der Waals surface area contributed by atoms with Gasteiger partial charge >= 0.3 is 0 Å². The number of aliphatic hydroxyl groups is 3. The lowest BCUT2D eigenvalue weighted by Crippen LogP contribution is -2.42. The highest BCUT2D eigenvalue weighted by atomic mass is 16.5. The second-order valence-electron chi connectivity index (χ2n) is 10.2. The standard InChI is InChI=1S/C27H37N3O6/c1-17-7-9-28-25(11-17)29-10-8-20(13-29)36-24-12-19(5-6-23(24)35-4)21-14-30(26(34)22(33)15-31)16-27(21,3)18(2)32/h5-7,9,11-12,18,20-22,31-33H,8,10,13-16H2,1-4H3/t18-,20?,21+,22+,27+/m1/s1. The Labute approximate surface area is 212 Å². The van der Waals surface area contributed by atoms with Crippen molar-refractivity contribution >= 4 is 11.7 Å². The molecule has 0 radical (unpaired) electrons. The topological polar surface area (TPSA) is 116 Å². The number of amides is 1. The predicted molar refractivity (Wildman–Crippen MR) is 135 cm³/mol. The first-order chi connectivity index (χ1) is 17.2. The summed E-state index contributed by atoms with van der Waals surface area (Å²) in [7, 11) is 1.60. The van der Waals surface area contributed by atoms with Crippen LogP contribution in [0.5, 0.6) is 11.5 Å². The lowest BCUT2D eigenvalue weighted by Gasteiger charge is -2.34. The first-order valence-electron chi connectivity index (χ1n) is 12.4. The molecule has 1 aromatic heterocycles. The minimum absolute atomic E-state index is 0.0408. The summed E-state index contributed by atoms with van der Waals surface area (Å²) in [6.07, 6.45) is 0.452. The summed E-state index contributed by atoms with van der Waals surface area (Å²) in [5, 5.41) is 29.8. The van der Waals surface area contributed by atoms with Gasteiger partial charge in [-0.15, -0.1) is 0 Å². The zero-order valence-corrected chi connectivity index (χ0v) is 21.4. The second-order valence-corrected chi connectivity index (χ2v) is 10.2. The third kappa shape index (κ3) is 5.14. The van der Waals surface area contributed by atoms with E-state index >= 15 is 0 Å². The molecule has 1 amide bonds. The van der Waals surface area contributed by atoms with E-state index in [0.29, 0.717) is 24.6 Å². The van der Waals surface area contributed by atoms with Gasteiger partial charge in [-0.1, -0.05) is 13.0 Å². The number of hydrogen-bond acceptors (Lipinski definition) is 8. The molecule has 196 valence electrons. The van der Waals surface area contributed by atoms with Gasteiger partial charge in [0.1, 0.15) is 11.9 Å². The Morgan fingerprint density at radius 2 is 2.00 bits per heavy atom. The minimum Gasteiger partial charge on any atom is -0.493 e. The smallest absolute Gasteiger partial charge is 0.253 e. The van der Waals surface area contributed by atoms with Gasteiger partial charge in [-0.25, -0.2) is 4.98 Å². The van der Waals surface area contributed by atoms with E-state index < -0.39 is 30.1 Å². The number of anilines is 1. The Hall–Kier alpha value is -2.88. The molecule has 2 fully saturated rings. The van der Waals surface area contributed by atoms with Crippen LogP contribution < -0.4 is 14.4 Å². The van der Waals surface area contributed by atoms with Gasteiger partial charge in [0, 0.05) is 43.6 Å². The van der Waals surface area contributed by atoms with Crippen molar-refractivity contribution in [1.82, 2.24) is 9.88 Å². The second kappa shape index (κ2) is 10.6. The molecule has 2 saturated heterocycles. The van der Waals surface area contributed by atoms with Crippen LogP contribution in [0.3, 0.4) is 0 Å². The maximum Gasteiger partial charge on any atom is 0.253 e. The summed E-state index contributed by atoms with van der Waals surface area (Å²) in [5.74, 6) is 1.44. The van der Waals surface area contributed by atoms with E-state index in [2.05, 4.69) is 22.9 Å². The van der Waals surface area contributed by atoms with Crippen LogP contribution in [0.1, 0.15) is 37.3 Å². The number of hydrogen-bond donors (Lipinski definition) is 3. The molecular formula is C27H37N3O6. The Morgan fingerprint density at radius 1 is 1.22 bits per heavy atom. The molecule has 0 spiro atoms. The molecule has 2 aromatic rings. The van der Waals surface area contributed by atoms with Crippen LogP contribution in [0, 0.1) is 12.3 Å². The molecule has 2 aliphatic rings. The molecule has 3 N–H and O–H groups in total. The first-order valence-corrected chi connectivity index (χ1v) is 12.4. The third-order valence-corrected chi connectivity index (χ3v) is 7.71. The number of rotatable bonds is 8. The molecule has 1 unspecified atom stereocenters. The number of ether oxygens (including phenoxy) is 2. The van der Waals surface area contributed by atoms with Crippen LogP contribution in [-0.2, 0) is 4.79 Å². The number of aromatic nitrogens is 1. The van der Waals surface area contributed by atoms with E-state index in [1.54, 1.807) is 14.0 Å². The Bertz CT molecular complexity index is 1080. The van der Waals surface area contributed by atoms with Gasteiger partial charge in [0.2, 0.25) is 0 Å². The fourth-order valence-electron chi connectivity index (χ4n) is 5.29. The summed E-state index contributed by atoms with van der Waals surface area (Å²) in [5.41, 5.74) is 1.44. The highest BCUT2D eigenvalue weighted by Gasteiger charge is 2.49. The summed E-state index contributed by atoms with van der Waals surface area (Å²) in [6.45, 7) is 7.22. The number of methoxy groups -OCH3 is 1. The van der Waals surface area contributed by atoms with Crippen LogP contribution in [-0.4, -0.2) is 89.3 Å². The number of pyridine rings is 1. The van der Waals surface area contributed by atoms with Crippen molar-refractivity contribution in [3.8, 4) is 11.5 Å². The average Bonchev–Trinajstić information content (AvgIpc) is 3.48. The van der Waals surface area contributed by atoms with Crippen LogP contribution in [0.2, 0.25) is 0 Å². The Balaban J connectivity index is 1.56. The van der Waals surface area contributed by atoms with E-state index in [1.807, 2.05) is 37.4 Å². The van der Waals surface area contributed by atoms with Gasteiger partial charge in [-0.3, -0.25) is 4.79 Å². The molecule has 2 aliphatic heterocycles. The zero-order valence-electron chi connectivity index (χ0n) is 21.4. The van der Waals surface area contributed by atoms with Crippen LogP contribution in [0.15, 0.2) is 36.5 Å². The van der Waals surface area contributed by atoms with Gasteiger partial charge < -0.3 is 34.6 Å². The first kappa shape index (κ1) is 26.2. The van der Waals surface area contributed by atoms with Crippen molar-refractivity contribution in [2.45, 2.75) is 51.4 Å². The number of aliphatic hydroxyl groups excluding tert-OH is 3. The van der Waals surface area contributed by atoms with Crippen molar-refractivity contribution in [2.75, 3.05) is 44.8 Å². The number of nitrogens with zero attached hydrogens (tertiary/aromatic N) is 3. The van der Waals surface area contributed by atoms with E-state index in [4.69, 9.17) is 9.47 Å². The van der Waals surface area contributed by atoms with Crippen LogP contribution >= 0.6 is 0 Å². The quantitative estimate of drug-likeness (QED) is 0.503. The molecule has 4 rings (SSSR count). The Kier molecular flexibility index (Phi) is 7.73. The van der Waals surface area contributed by atoms with Gasteiger partial charge in [-0.2, -0.15) is 0 Å². The number of likely N-dealkylation sites (tertiary alicyclic amines) is 1. The molecular weight excluding hydrogens is 462 g/mol. The number of aryl methyl sites for hydroxylation is 1. The van der Waals surface area contributed by atoms with Crippen molar-refractivity contribution in [3.63, 3.8) is 0 Å². The zero-order chi connectivity index (χ0) is 26.0. The van der Waals surface area contributed by atoms with Gasteiger partial charge in [0.25, 0.3) is 5.91 Å². The molecule has 0 bridgehead atoms. The summed E-state index contributed by atoms with van der Waals surface area (Å²) >= 11 is 0. The Morgan fingerprint density at radius 3 is 2.67 bits per heavy atom. The molecule has 0 aliphatic carbocycles. The third-order valence-electron chi connectivity index (χ3n) is 7.71. The molecule has 5 atom stereocenters. The lowest BCUT2D eigenvalue weighted by atomic mass is 9.72. The average molecular weight is 500 g/mol. The number of benzene rings is 1. The summed E-state index contributed by atoms with van der Waals surface area (Å²) < 4.78 is 12.0. The highest BCUT2D eigenvalue weighted by molar-refractivity contribution is 5.81. The normalized spacial score (nSPS) is 25.6. The van der Waals surface area contributed by atoms with Crippen molar-refractivity contribution in [2.24, 2.45) is 5.41 Å². The van der Waals surface area contributed by atoms with E-state index in [0.717, 1.165) is 29.9 Å². The van der Waals surface area contributed by atoms with Crippen molar-refractivity contribution in [1.29, 1.82) is 0 Å². The fourth-order valence-corrected chi connectivity index (χ4v) is 5.29. The van der Waals surface area contributed by atoms with E-state index in [-0.39, 0.29) is 18.6 Å². The summed E-state index contributed by atoms with van der Waals surface area (Å²) in [6, 6.07) is 9.78. The fraction of sp³-hybridized carbons (Fsp3) is 0.556. The molecule has 3 heterocycles. The largest absolute Gasteiger partial charge is 0.493 e. The molecule has 0 saturated carbocycles. The summed E-state index contributed by atoms with van der Waals surface area (Å²) in [4.78, 5) is 20.8.